The molecule has 0 aromatic rings. The fraction of sp³-hybridized carbons (Fsp3) is 0.778. The molecule has 0 aromatic carbocycles. The van der Waals surface area contributed by atoms with Gasteiger partial charge >= 0.3 is 11.9 Å². The Morgan fingerprint density at radius 2 is 0.818 bits per heavy atom. The molecule has 4 nitrogen and oxygen atoms in total. The van der Waals surface area contributed by atoms with Gasteiger partial charge in [-0.25, -0.2) is 9.59 Å². The Kier molecular flexibility index (Phi) is 9.07. The van der Waals surface area contributed by atoms with E-state index in [4.69, 9.17) is 9.47 Å². The maximum Gasteiger partial charge on any atom is 0.331 e. The van der Waals surface area contributed by atoms with E-state index in [0.717, 1.165) is 12.2 Å². The lowest BCUT2D eigenvalue weighted by atomic mass is 9.96. The molecule has 0 radical (unpaired) electrons. The molecular weight excluding hydrogens is 280 g/mol. The lowest BCUT2D eigenvalue weighted by molar-refractivity contribution is -0.150. The van der Waals surface area contributed by atoms with Crippen molar-refractivity contribution in [3.8, 4) is 0 Å². The van der Waals surface area contributed by atoms with Crippen LogP contribution >= 0.6 is 0 Å². The largest absolute Gasteiger partial charge is 0.459 e. The number of esters is 2. The van der Waals surface area contributed by atoms with Crippen LogP contribution in [0.2, 0.25) is 0 Å². The molecule has 0 aromatic heterocycles. The Bertz CT molecular complexity index is 329. The monoisotopic (exact) mass is 312 g/mol. The normalized spacial score (nSPS) is 12.5. The van der Waals surface area contributed by atoms with Crippen LogP contribution in [0.4, 0.5) is 0 Å². The summed E-state index contributed by atoms with van der Waals surface area (Å²) in [5.41, 5.74) is 0. The van der Waals surface area contributed by atoms with Crippen LogP contribution in [0.25, 0.3) is 0 Å². The second-order valence-corrected chi connectivity index (χ2v) is 7.11. The molecule has 128 valence electrons. The molecule has 4 heteroatoms. The first-order valence-corrected chi connectivity index (χ1v) is 8.15. The van der Waals surface area contributed by atoms with Crippen molar-refractivity contribution >= 4 is 11.9 Å². The van der Waals surface area contributed by atoms with E-state index >= 15 is 0 Å². The van der Waals surface area contributed by atoms with Gasteiger partial charge in [-0.05, 0) is 23.7 Å². The van der Waals surface area contributed by atoms with Crippen molar-refractivity contribution in [3.05, 3.63) is 12.2 Å². The summed E-state index contributed by atoms with van der Waals surface area (Å²) in [5, 5.41) is 0. The summed E-state index contributed by atoms with van der Waals surface area (Å²) in [6.07, 6.45) is 1.98. The average molecular weight is 312 g/mol. The van der Waals surface area contributed by atoms with Gasteiger partial charge < -0.3 is 9.47 Å². The second kappa shape index (κ2) is 9.65. The first-order valence-electron chi connectivity index (χ1n) is 8.15. The lowest BCUT2D eigenvalue weighted by Crippen LogP contribution is -2.29. The standard InChI is InChI=1S/C18H32O4/c1-11(2)17(12(3)4)21-15(19)9-10-16(20)22-18(13(5)6)14(7)8/h9-14,17-18H,1-8H3/b10-9+. The van der Waals surface area contributed by atoms with Crippen molar-refractivity contribution in [2.24, 2.45) is 23.7 Å². The first-order chi connectivity index (χ1) is 10.1. The molecule has 0 heterocycles. The SMILES string of the molecule is CC(C)C(OC(=O)/C=C/C(=O)OC(C(C)C)C(C)C)C(C)C. The fourth-order valence-corrected chi connectivity index (χ4v) is 2.57. The van der Waals surface area contributed by atoms with Crippen molar-refractivity contribution in [3.63, 3.8) is 0 Å². The van der Waals surface area contributed by atoms with Gasteiger partial charge in [0.15, 0.2) is 0 Å². The van der Waals surface area contributed by atoms with Crippen molar-refractivity contribution < 1.29 is 19.1 Å². The highest BCUT2D eigenvalue weighted by Crippen LogP contribution is 2.17. The zero-order valence-corrected chi connectivity index (χ0v) is 15.3. The Hall–Kier alpha value is -1.32. The molecule has 0 saturated carbocycles. The van der Waals surface area contributed by atoms with Crippen molar-refractivity contribution in [1.82, 2.24) is 0 Å². The molecule has 0 aliphatic rings. The van der Waals surface area contributed by atoms with Crippen LogP contribution in [-0.2, 0) is 19.1 Å². The minimum atomic E-state index is -0.505. The molecule has 0 bridgehead atoms. The summed E-state index contributed by atoms with van der Waals surface area (Å²) in [5.74, 6) is -0.0813. The van der Waals surface area contributed by atoms with E-state index in [1.807, 2.05) is 55.4 Å². The molecule has 0 saturated heterocycles. The smallest absolute Gasteiger partial charge is 0.331 e. The quantitative estimate of drug-likeness (QED) is 0.502. The third-order valence-electron chi connectivity index (χ3n) is 3.49. The Morgan fingerprint density at radius 3 is 1.00 bits per heavy atom. The zero-order valence-electron chi connectivity index (χ0n) is 15.3. The molecule has 0 amide bonds. The van der Waals surface area contributed by atoms with Crippen molar-refractivity contribution in [2.45, 2.75) is 67.6 Å². The number of rotatable bonds is 8. The fourth-order valence-electron chi connectivity index (χ4n) is 2.57. The molecule has 0 aliphatic heterocycles. The summed E-state index contributed by atoms with van der Waals surface area (Å²) in [6.45, 7) is 16.0. The van der Waals surface area contributed by atoms with Gasteiger partial charge in [-0.3, -0.25) is 0 Å². The van der Waals surface area contributed by atoms with E-state index in [-0.39, 0.29) is 35.9 Å². The van der Waals surface area contributed by atoms with Crippen LogP contribution in [0.3, 0.4) is 0 Å². The van der Waals surface area contributed by atoms with Gasteiger partial charge in [0.1, 0.15) is 12.2 Å². The van der Waals surface area contributed by atoms with Gasteiger partial charge in [0.25, 0.3) is 0 Å². The van der Waals surface area contributed by atoms with Gasteiger partial charge in [-0.1, -0.05) is 55.4 Å². The molecule has 0 fully saturated rings. The van der Waals surface area contributed by atoms with Crippen molar-refractivity contribution in [2.75, 3.05) is 0 Å². The van der Waals surface area contributed by atoms with E-state index < -0.39 is 11.9 Å². The highest BCUT2D eigenvalue weighted by molar-refractivity contribution is 5.91. The first kappa shape index (κ1) is 20.7. The number of hydrogen-bond acceptors (Lipinski definition) is 4. The number of carbonyl (C=O) groups excluding carboxylic acids is 2. The third kappa shape index (κ3) is 7.62. The van der Waals surface area contributed by atoms with Crippen molar-refractivity contribution in [1.29, 1.82) is 0 Å². The second-order valence-electron chi connectivity index (χ2n) is 7.11. The molecule has 0 aliphatic carbocycles. The summed E-state index contributed by atoms with van der Waals surface area (Å²) in [6, 6.07) is 0. The van der Waals surface area contributed by atoms with Crippen LogP contribution in [0.5, 0.6) is 0 Å². The van der Waals surface area contributed by atoms with Gasteiger partial charge in [-0.15, -0.1) is 0 Å². The Balaban J connectivity index is 4.57. The molecule has 0 atom stereocenters. The maximum absolute atomic E-state index is 11.8. The van der Waals surface area contributed by atoms with E-state index in [2.05, 4.69) is 0 Å². The summed E-state index contributed by atoms with van der Waals surface area (Å²) >= 11 is 0. The number of ether oxygens (including phenoxy) is 2. The topological polar surface area (TPSA) is 52.6 Å². The number of carbonyl (C=O) groups is 2. The number of hydrogen-bond donors (Lipinski definition) is 0. The van der Waals surface area contributed by atoms with Crippen LogP contribution < -0.4 is 0 Å². The molecular formula is C18H32O4. The van der Waals surface area contributed by atoms with Crippen LogP contribution in [0, 0.1) is 23.7 Å². The molecule has 22 heavy (non-hydrogen) atoms. The van der Waals surface area contributed by atoms with Crippen LogP contribution in [0.1, 0.15) is 55.4 Å². The molecule has 0 N–H and O–H groups in total. The highest BCUT2D eigenvalue weighted by atomic mass is 16.5. The predicted molar refractivity (Wildman–Crippen MR) is 88.3 cm³/mol. The molecule has 0 spiro atoms. The average Bonchev–Trinajstić information content (AvgIpc) is 2.38. The van der Waals surface area contributed by atoms with Crippen LogP contribution in [0.15, 0.2) is 12.2 Å². The Labute approximate surface area is 135 Å². The lowest BCUT2D eigenvalue weighted by Gasteiger charge is -2.24. The molecule has 0 rings (SSSR count). The third-order valence-corrected chi connectivity index (χ3v) is 3.49. The molecule has 0 unspecified atom stereocenters. The highest BCUT2D eigenvalue weighted by Gasteiger charge is 2.22. The van der Waals surface area contributed by atoms with Gasteiger partial charge in [0, 0.05) is 12.2 Å². The van der Waals surface area contributed by atoms with Gasteiger partial charge in [-0.2, -0.15) is 0 Å². The minimum Gasteiger partial charge on any atom is -0.459 e. The van der Waals surface area contributed by atoms with E-state index in [9.17, 15) is 9.59 Å². The zero-order chi connectivity index (χ0) is 17.4. The maximum atomic E-state index is 11.8. The summed E-state index contributed by atoms with van der Waals surface area (Å²) in [7, 11) is 0. The van der Waals surface area contributed by atoms with E-state index in [0.29, 0.717) is 0 Å². The Morgan fingerprint density at radius 1 is 0.591 bits per heavy atom. The minimum absolute atomic E-state index is 0.160. The van der Waals surface area contributed by atoms with Gasteiger partial charge in [0.2, 0.25) is 0 Å². The predicted octanol–water partition coefficient (Wildman–Crippen LogP) is 3.99. The van der Waals surface area contributed by atoms with Crippen LogP contribution in [-0.4, -0.2) is 24.1 Å². The van der Waals surface area contributed by atoms with Gasteiger partial charge in [0.05, 0.1) is 0 Å². The van der Waals surface area contributed by atoms with E-state index in [1.165, 1.54) is 0 Å². The van der Waals surface area contributed by atoms with E-state index in [1.54, 1.807) is 0 Å². The summed E-state index contributed by atoms with van der Waals surface area (Å²) in [4.78, 5) is 23.6. The summed E-state index contributed by atoms with van der Waals surface area (Å²) < 4.78 is 10.8.